The molecule has 234 valence electrons. The first-order valence-electron chi connectivity index (χ1n) is 14.5. The third-order valence-electron chi connectivity index (χ3n) is 6.37. The Morgan fingerprint density at radius 1 is 0.884 bits per heavy atom. The first kappa shape index (κ1) is 33.4. The standard InChI is InChI=1S/C32H43N3O8/c1-22(2)19-26(34-30(38)41-21-24-9-7-6-8-10-24)28(36)33-27(29(37)43-32(3,4)5)20-23-11-13-25(14-12-23)42-31(39)35-15-17-40-18-16-35/h6-14,22,26-27H,15-21H2,1-5H3,(H,33,36)(H,34,38)/t26-,27-/m0/s1. The van der Waals surface area contributed by atoms with E-state index < -0.39 is 41.7 Å². The van der Waals surface area contributed by atoms with Crippen molar-refractivity contribution in [1.82, 2.24) is 15.5 Å². The van der Waals surface area contributed by atoms with Crippen LogP contribution in [0.25, 0.3) is 0 Å². The molecular formula is C32H43N3O8. The van der Waals surface area contributed by atoms with E-state index in [2.05, 4.69) is 10.6 Å². The maximum atomic E-state index is 13.4. The summed E-state index contributed by atoms with van der Waals surface area (Å²) in [5.41, 5.74) is 0.737. The average Bonchev–Trinajstić information content (AvgIpc) is 2.96. The van der Waals surface area contributed by atoms with Gasteiger partial charge < -0.3 is 34.5 Å². The van der Waals surface area contributed by atoms with E-state index >= 15 is 0 Å². The highest BCUT2D eigenvalue weighted by molar-refractivity contribution is 5.90. The Kier molecular flexibility index (Phi) is 12.4. The van der Waals surface area contributed by atoms with Gasteiger partial charge in [-0.25, -0.2) is 14.4 Å². The van der Waals surface area contributed by atoms with Crippen molar-refractivity contribution < 1.29 is 38.1 Å². The molecule has 3 rings (SSSR count). The summed E-state index contributed by atoms with van der Waals surface area (Å²) in [6.45, 7) is 11.0. The number of carbonyl (C=O) groups excluding carboxylic acids is 4. The number of hydrogen-bond acceptors (Lipinski definition) is 8. The molecule has 1 heterocycles. The van der Waals surface area contributed by atoms with Gasteiger partial charge in [0.05, 0.1) is 13.2 Å². The van der Waals surface area contributed by atoms with Crippen LogP contribution in [0, 0.1) is 5.92 Å². The largest absolute Gasteiger partial charge is 0.458 e. The molecule has 2 aromatic carbocycles. The first-order chi connectivity index (χ1) is 20.4. The molecule has 2 aromatic rings. The number of ether oxygens (including phenoxy) is 4. The fraction of sp³-hybridized carbons (Fsp3) is 0.500. The zero-order valence-corrected chi connectivity index (χ0v) is 25.6. The first-order valence-corrected chi connectivity index (χ1v) is 14.5. The van der Waals surface area contributed by atoms with Crippen LogP contribution in [0.15, 0.2) is 54.6 Å². The summed E-state index contributed by atoms with van der Waals surface area (Å²) in [6, 6.07) is 13.9. The summed E-state index contributed by atoms with van der Waals surface area (Å²) in [6.07, 6.45) is -0.747. The van der Waals surface area contributed by atoms with E-state index in [-0.39, 0.29) is 18.9 Å². The number of nitrogens with zero attached hydrogens (tertiary/aromatic N) is 1. The topological polar surface area (TPSA) is 132 Å². The second-order valence-electron chi connectivity index (χ2n) is 11.8. The van der Waals surface area contributed by atoms with Crippen molar-refractivity contribution in [3.63, 3.8) is 0 Å². The van der Waals surface area contributed by atoms with Crippen LogP contribution in [0.3, 0.4) is 0 Å². The molecule has 1 fully saturated rings. The highest BCUT2D eigenvalue weighted by Crippen LogP contribution is 2.17. The molecule has 0 bridgehead atoms. The van der Waals surface area contributed by atoms with Gasteiger partial charge in [0.15, 0.2) is 0 Å². The number of esters is 1. The number of alkyl carbamates (subject to hydrolysis) is 1. The molecule has 0 aromatic heterocycles. The van der Waals surface area contributed by atoms with Crippen molar-refractivity contribution in [2.24, 2.45) is 5.92 Å². The van der Waals surface area contributed by atoms with Crippen molar-refractivity contribution >= 4 is 24.1 Å². The lowest BCUT2D eigenvalue weighted by molar-refractivity contribution is -0.158. The van der Waals surface area contributed by atoms with Crippen molar-refractivity contribution in [1.29, 1.82) is 0 Å². The Hall–Kier alpha value is -4.12. The van der Waals surface area contributed by atoms with Crippen LogP contribution in [0.1, 0.15) is 52.2 Å². The van der Waals surface area contributed by atoms with E-state index in [1.165, 1.54) is 0 Å². The average molecular weight is 598 g/mol. The summed E-state index contributed by atoms with van der Waals surface area (Å²) in [4.78, 5) is 53.2. The maximum absolute atomic E-state index is 13.4. The molecule has 1 saturated heterocycles. The monoisotopic (exact) mass is 597 g/mol. The zero-order valence-electron chi connectivity index (χ0n) is 25.6. The van der Waals surface area contributed by atoms with Crippen LogP contribution >= 0.6 is 0 Å². The Bertz CT molecular complexity index is 1210. The predicted molar refractivity (Wildman–Crippen MR) is 159 cm³/mol. The van der Waals surface area contributed by atoms with Gasteiger partial charge in [0.25, 0.3) is 0 Å². The highest BCUT2D eigenvalue weighted by Gasteiger charge is 2.31. The number of nitrogens with one attached hydrogen (secondary N) is 2. The molecule has 1 aliphatic rings. The summed E-state index contributed by atoms with van der Waals surface area (Å²) in [7, 11) is 0. The summed E-state index contributed by atoms with van der Waals surface area (Å²) < 4.78 is 21.6. The third kappa shape index (κ3) is 12.0. The number of amides is 3. The molecule has 11 heteroatoms. The summed E-state index contributed by atoms with van der Waals surface area (Å²) in [5, 5.41) is 5.42. The molecule has 0 spiro atoms. The van der Waals surface area contributed by atoms with Crippen LogP contribution in [0.5, 0.6) is 5.75 Å². The quantitative estimate of drug-likeness (QED) is 0.368. The van der Waals surface area contributed by atoms with Crippen LogP contribution in [0.4, 0.5) is 9.59 Å². The number of rotatable bonds is 11. The summed E-state index contributed by atoms with van der Waals surface area (Å²) >= 11 is 0. The number of morpholine rings is 1. The third-order valence-corrected chi connectivity index (χ3v) is 6.37. The smallest absolute Gasteiger partial charge is 0.415 e. The van der Waals surface area contributed by atoms with Crippen LogP contribution in [-0.2, 0) is 36.8 Å². The van der Waals surface area contributed by atoms with Gasteiger partial charge in [-0.2, -0.15) is 0 Å². The van der Waals surface area contributed by atoms with Crippen molar-refractivity contribution in [3.05, 3.63) is 65.7 Å². The highest BCUT2D eigenvalue weighted by atomic mass is 16.6. The molecule has 0 saturated carbocycles. The Morgan fingerprint density at radius 2 is 1.53 bits per heavy atom. The van der Waals surface area contributed by atoms with E-state index in [0.29, 0.717) is 44.0 Å². The van der Waals surface area contributed by atoms with Gasteiger partial charge in [-0.15, -0.1) is 0 Å². The zero-order chi connectivity index (χ0) is 31.4. The lowest BCUT2D eigenvalue weighted by Gasteiger charge is -2.27. The predicted octanol–water partition coefficient (Wildman–Crippen LogP) is 4.23. The van der Waals surface area contributed by atoms with Crippen molar-refractivity contribution in [3.8, 4) is 5.75 Å². The van der Waals surface area contributed by atoms with Gasteiger partial charge >= 0.3 is 18.2 Å². The molecule has 43 heavy (non-hydrogen) atoms. The fourth-order valence-electron chi connectivity index (χ4n) is 4.29. The minimum Gasteiger partial charge on any atom is -0.458 e. The van der Waals surface area contributed by atoms with Gasteiger partial charge in [-0.3, -0.25) is 4.79 Å². The lowest BCUT2D eigenvalue weighted by atomic mass is 10.0. The van der Waals surface area contributed by atoms with Crippen LogP contribution in [0.2, 0.25) is 0 Å². The van der Waals surface area contributed by atoms with Gasteiger partial charge in [0.2, 0.25) is 5.91 Å². The van der Waals surface area contributed by atoms with Gasteiger partial charge in [0.1, 0.15) is 30.0 Å². The normalized spacial score (nSPS) is 14.8. The van der Waals surface area contributed by atoms with E-state index in [0.717, 1.165) is 5.56 Å². The maximum Gasteiger partial charge on any atom is 0.415 e. The molecule has 0 radical (unpaired) electrons. The molecule has 2 atom stereocenters. The molecule has 3 amide bonds. The van der Waals surface area contributed by atoms with Crippen LogP contribution < -0.4 is 15.4 Å². The van der Waals surface area contributed by atoms with Gasteiger partial charge in [-0.05, 0) is 56.4 Å². The second-order valence-corrected chi connectivity index (χ2v) is 11.8. The number of hydrogen-bond donors (Lipinski definition) is 2. The lowest BCUT2D eigenvalue weighted by Crippen LogP contribution is -2.53. The van der Waals surface area contributed by atoms with E-state index in [4.69, 9.17) is 18.9 Å². The van der Waals surface area contributed by atoms with Gasteiger partial charge in [0, 0.05) is 19.5 Å². The second kappa shape index (κ2) is 15.9. The molecule has 0 unspecified atom stereocenters. The molecule has 1 aliphatic heterocycles. The van der Waals surface area contributed by atoms with Crippen molar-refractivity contribution in [2.45, 2.75) is 71.8 Å². The molecule has 2 N–H and O–H groups in total. The van der Waals surface area contributed by atoms with Crippen molar-refractivity contribution in [2.75, 3.05) is 26.3 Å². The summed E-state index contributed by atoms with van der Waals surface area (Å²) in [5.74, 6) is -0.720. The minimum atomic E-state index is -1.04. The molecule has 11 nitrogen and oxygen atoms in total. The number of benzene rings is 2. The van der Waals surface area contributed by atoms with E-state index in [1.54, 1.807) is 49.9 Å². The molecule has 0 aliphatic carbocycles. The van der Waals surface area contributed by atoms with Gasteiger partial charge in [-0.1, -0.05) is 56.3 Å². The Balaban J connectivity index is 1.67. The molecular weight excluding hydrogens is 554 g/mol. The number of carbonyl (C=O) groups is 4. The van der Waals surface area contributed by atoms with Crippen LogP contribution in [-0.4, -0.2) is 73.0 Å². The fourth-order valence-corrected chi connectivity index (χ4v) is 4.29. The SMILES string of the molecule is CC(C)C[C@H](NC(=O)OCc1ccccc1)C(=O)N[C@@H](Cc1ccc(OC(=O)N2CCOCC2)cc1)C(=O)OC(C)(C)C. The Labute approximate surface area is 253 Å². The Morgan fingerprint density at radius 3 is 2.14 bits per heavy atom. The van der Waals surface area contributed by atoms with E-state index in [9.17, 15) is 19.2 Å². The minimum absolute atomic E-state index is 0.0565. The van der Waals surface area contributed by atoms with E-state index in [1.807, 2.05) is 44.2 Å².